The summed E-state index contributed by atoms with van der Waals surface area (Å²) in [5.74, 6) is 0.760. The van der Waals surface area contributed by atoms with Crippen LogP contribution in [0, 0.1) is 5.92 Å². The first-order valence-electron chi connectivity index (χ1n) is 6.80. The third-order valence-corrected chi connectivity index (χ3v) is 4.32. The molecule has 1 aromatic carbocycles. The Morgan fingerprint density at radius 3 is 3.11 bits per heavy atom. The van der Waals surface area contributed by atoms with Gasteiger partial charge < -0.3 is 10.6 Å². The van der Waals surface area contributed by atoms with E-state index in [0.29, 0.717) is 6.04 Å². The Labute approximate surface area is 107 Å². The predicted octanol–water partition coefficient (Wildman–Crippen LogP) is 3.24. The highest BCUT2D eigenvalue weighted by Gasteiger charge is 2.30. The number of anilines is 2. The van der Waals surface area contributed by atoms with Gasteiger partial charge in [-0.2, -0.15) is 0 Å². The van der Waals surface area contributed by atoms with E-state index in [4.69, 9.17) is 0 Å². The average Bonchev–Trinajstić information content (AvgIpc) is 2.78. The van der Waals surface area contributed by atoms with E-state index < -0.39 is 0 Å². The van der Waals surface area contributed by atoms with Crippen LogP contribution in [0.4, 0.5) is 11.4 Å². The largest absolute Gasteiger partial charge is 0.382 e. The van der Waals surface area contributed by atoms with Crippen molar-refractivity contribution < 1.29 is 0 Å². The van der Waals surface area contributed by atoms with E-state index in [1.165, 1.54) is 30.3 Å². The lowest BCUT2D eigenvalue weighted by Crippen LogP contribution is -2.25. The van der Waals surface area contributed by atoms with Gasteiger partial charge in [0.05, 0.1) is 23.1 Å². The van der Waals surface area contributed by atoms with Crippen molar-refractivity contribution in [2.75, 3.05) is 17.2 Å². The summed E-state index contributed by atoms with van der Waals surface area (Å²) in [7, 11) is 0. The number of fused-ring (bicyclic) bond motifs is 4. The summed E-state index contributed by atoms with van der Waals surface area (Å²) in [6.07, 6.45) is 5.94. The third-order valence-electron chi connectivity index (χ3n) is 4.32. The molecule has 18 heavy (non-hydrogen) atoms. The molecule has 92 valence electrons. The van der Waals surface area contributed by atoms with Gasteiger partial charge in [0.25, 0.3) is 0 Å². The van der Waals surface area contributed by atoms with E-state index in [0.717, 1.165) is 23.7 Å². The molecular weight excluding hydrogens is 222 g/mol. The summed E-state index contributed by atoms with van der Waals surface area (Å²) < 4.78 is 0. The number of para-hydroxylation sites is 1. The molecule has 2 unspecified atom stereocenters. The standard InChI is InChI=1S/C15H17N3/c1-2-6-13-11(5-1)15-14(9-17-13)16-8-10-4-3-7-12(10)18-15/h1-2,5-6,9-10,12,16,18H,3-4,7-8H2. The Bertz CT molecular complexity index is 593. The highest BCUT2D eigenvalue weighted by Crippen LogP contribution is 2.37. The fourth-order valence-electron chi connectivity index (χ4n) is 3.33. The molecule has 0 bridgehead atoms. The second-order valence-electron chi connectivity index (χ2n) is 5.39. The van der Waals surface area contributed by atoms with Gasteiger partial charge in [0.1, 0.15) is 0 Å². The van der Waals surface area contributed by atoms with Crippen molar-refractivity contribution in [3.63, 3.8) is 0 Å². The van der Waals surface area contributed by atoms with Gasteiger partial charge in [0.2, 0.25) is 0 Å². The quantitative estimate of drug-likeness (QED) is 0.741. The normalized spacial score (nSPS) is 25.8. The molecule has 2 aromatic rings. The maximum absolute atomic E-state index is 4.53. The summed E-state index contributed by atoms with van der Waals surface area (Å²) in [6, 6.07) is 9.00. The van der Waals surface area contributed by atoms with E-state index in [2.05, 4.69) is 33.8 Å². The monoisotopic (exact) mass is 239 g/mol. The minimum Gasteiger partial charge on any atom is -0.382 e. The summed E-state index contributed by atoms with van der Waals surface area (Å²) in [6.45, 7) is 1.07. The highest BCUT2D eigenvalue weighted by molar-refractivity contribution is 5.97. The van der Waals surface area contributed by atoms with Gasteiger partial charge in [-0.3, -0.25) is 4.98 Å². The maximum Gasteiger partial charge on any atom is 0.0769 e. The molecule has 2 atom stereocenters. The zero-order chi connectivity index (χ0) is 11.9. The van der Waals surface area contributed by atoms with Crippen molar-refractivity contribution >= 4 is 22.3 Å². The Morgan fingerprint density at radius 1 is 1.17 bits per heavy atom. The SMILES string of the molecule is c1ccc2c3c(cnc2c1)NCC1CCCC1N3. The summed E-state index contributed by atoms with van der Waals surface area (Å²) in [4.78, 5) is 4.53. The smallest absolute Gasteiger partial charge is 0.0769 e. The molecule has 1 aliphatic carbocycles. The highest BCUT2D eigenvalue weighted by atomic mass is 15.0. The Balaban J connectivity index is 1.88. The summed E-state index contributed by atoms with van der Waals surface area (Å²) in [5.41, 5.74) is 3.47. The number of nitrogens with zero attached hydrogens (tertiary/aromatic N) is 1. The molecule has 1 fully saturated rings. The van der Waals surface area contributed by atoms with Crippen LogP contribution in [-0.4, -0.2) is 17.6 Å². The van der Waals surface area contributed by atoms with Crippen LogP contribution < -0.4 is 10.6 Å². The lowest BCUT2D eigenvalue weighted by atomic mass is 10.0. The van der Waals surface area contributed by atoms with E-state index >= 15 is 0 Å². The second kappa shape index (κ2) is 3.87. The minimum atomic E-state index is 0.629. The molecule has 2 aliphatic rings. The van der Waals surface area contributed by atoms with Crippen LogP contribution in [0.5, 0.6) is 0 Å². The number of hydrogen-bond acceptors (Lipinski definition) is 3. The van der Waals surface area contributed by atoms with Gasteiger partial charge >= 0.3 is 0 Å². The lowest BCUT2D eigenvalue weighted by molar-refractivity contribution is 0.537. The predicted molar refractivity (Wildman–Crippen MR) is 75.0 cm³/mol. The Kier molecular flexibility index (Phi) is 2.19. The number of rotatable bonds is 0. The molecule has 0 radical (unpaired) electrons. The lowest BCUT2D eigenvalue weighted by Gasteiger charge is -2.18. The molecule has 1 saturated carbocycles. The molecule has 3 nitrogen and oxygen atoms in total. The van der Waals surface area contributed by atoms with Gasteiger partial charge in [-0.1, -0.05) is 24.6 Å². The molecule has 4 rings (SSSR count). The molecule has 3 heteroatoms. The summed E-state index contributed by atoms with van der Waals surface area (Å²) >= 11 is 0. The number of aromatic nitrogens is 1. The van der Waals surface area contributed by atoms with Crippen molar-refractivity contribution in [1.82, 2.24) is 4.98 Å². The number of hydrogen-bond donors (Lipinski definition) is 2. The fraction of sp³-hybridized carbons (Fsp3) is 0.400. The first-order valence-corrected chi connectivity index (χ1v) is 6.80. The zero-order valence-corrected chi connectivity index (χ0v) is 10.3. The van der Waals surface area contributed by atoms with Crippen molar-refractivity contribution in [2.24, 2.45) is 5.92 Å². The van der Waals surface area contributed by atoms with Crippen molar-refractivity contribution in [3.8, 4) is 0 Å². The van der Waals surface area contributed by atoms with Crippen LogP contribution in [0.1, 0.15) is 19.3 Å². The van der Waals surface area contributed by atoms with Gasteiger partial charge in [-0.05, 0) is 24.8 Å². The van der Waals surface area contributed by atoms with E-state index in [1.807, 2.05) is 12.3 Å². The fourth-order valence-corrected chi connectivity index (χ4v) is 3.33. The number of nitrogens with one attached hydrogen (secondary N) is 2. The van der Waals surface area contributed by atoms with Gasteiger partial charge in [-0.25, -0.2) is 0 Å². The van der Waals surface area contributed by atoms with Crippen molar-refractivity contribution in [2.45, 2.75) is 25.3 Å². The van der Waals surface area contributed by atoms with Gasteiger partial charge in [-0.15, -0.1) is 0 Å². The van der Waals surface area contributed by atoms with Crippen LogP contribution in [0.15, 0.2) is 30.5 Å². The molecule has 1 aliphatic heterocycles. The topological polar surface area (TPSA) is 37.0 Å². The average molecular weight is 239 g/mol. The van der Waals surface area contributed by atoms with Crippen LogP contribution in [-0.2, 0) is 0 Å². The van der Waals surface area contributed by atoms with Crippen LogP contribution in [0.25, 0.3) is 10.9 Å². The molecule has 0 saturated heterocycles. The van der Waals surface area contributed by atoms with E-state index in [-0.39, 0.29) is 0 Å². The molecule has 2 N–H and O–H groups in total. The first kappa shape index (κ1) is 10.2. The second-order valence-corrected chi connectivity index (χ2v) is 5.39. The molecule has 2 heterocycles. The summed E-state index contributed by atoms with van der Waals surface area (Å²) in [5, 5.41) is 8.56. The number of pyridine rings is 1. The van der Waals surface area contributed by atoms with E-state index in [9.17, 15) is 0 Å². The molecule has 0 spiro atoms. The number of benzene rings is 1. The van der Waals surface area contributed by atoms with Crippen molar-refractivity contribution in [3.05, 3.63) is 30.5 Å². The van der Waals surface area contributed by atoms with Crippen LogP contribution in [0.2, 0.25) is 0 Å². The van der Waals surface area contributed by atoms with Gasteiger partial charge in [0, 0.05) is 18.0 Å². The van der Waals surface area contributed by atoms with Crippen molar-refractivity contribution in [1.29, 1.82) is 0 Å². The molecule has 0 amide bonds. The Morgan fingerprint density at radius 2 is 2.11 bits per heavy atom. The third kappa shape index (κ3) is 1.47. The van der Waals surface area contributed by atoms with Crippen LogP contribution >= 0.6 is 0 Å². The Hall–Kier alpha value is -1.77. The zero-order valence-electron chi connectivity index (χ0n) is 10.3. The minimum absolute atomic E-state index is 0.629. The van der Waals surface area contributed by atoms with Gasteiger partial charge in [0.15, 0.2) is 0 Å². The molecular formula is C15H17N3. The van der Waals surface area contributed by atoms with Crippen LogP contribution in [0.3, 0.4) is 0 Å². The molecule has 1 aromatic heterocycles. The maximum atomic E-state index is 4.53. The van der Waals surface area contributed by atoms with E-state index in [1.54, 1.807) is 0 Å². The first-order chi connectivity index (χ1) is 8.92.